The van der Waals surface area contributed by atoms with Crippen LogP contribution in [0.4, 0.5) is 5.69 Å². The van der Waals surface area contributed by atoms with Gasteiger partial charge in [-0.15, -0.1) is 11.3 Å². The second kappa shape index (κ2) is 10.0. The van der Waals surface area contributed by atoms with Crippen LogP contribution >= 0.6 is 22.9 Å². The van der Waals surface area contributed by atoms with Gasteiger partial charge < -0.3 is 15.4 Å². The molecule has 0 saturated heterocycles. The molecule has 2 N–H and O–H groups in total. The number of rotatable bonds is 7. The van der Waals surface area contributed by atoms with Crippen LogP contribution in [0.1, 0.15) is 32.5 Å². The lowest BCUT2D eigenvalue weighted by Gasteiger charge is -2.14. The molecule has 3 rings (SSSR count). The van der Waals surface area contributed by atoms with Crippen LogP contribution in [-0.4, -0.2) is 23.9 Å². The van der Waals surface area contributed by atoms with Gasteiger partial charge in [-0.1, -0.05) is 35.9 Å². The van der Waals surface area contributed by atoms with Crippen molar-refractivity contribution in [3.8, 4) is 0 Å². The summed E-state index contributed by atoms with van der Waals surface area (Å²) in [6.07, 6.45) is -0.978. The van der Waals surface area contributed by atoms with Crippen LogP contribution in [0.3, 0.4) is 0 Å². The molecule has 0 spiro atoms. The van der Waals surface area contributed by atoms with E-state index in [0.717, 1.165) is 5.56 Å². The summed E-state index contributed by atoms with van der Waals surface area (Å²) in [5, 5.41) is 7.87. The number of carbonyl (C=O) groups is 3. The van der Waals surface area contributed by atoms with Crippen molar-refractivity contribution in [3.05, 3.63) is 87.1 Å². The van der Waals surface area contributed by atoms with Crippen LogP contribution in [0.5, 0.6) is 0 Å². The minimum Gasteiger partial charge on any atom is -0.449 e. The van der Waals surface area contributed by atoms with Gasteiger partial charge in [-0.3, -0.25) is 9.59 Å². The highest BCUT2D eigenvalue weighted by Gasteiger charge is 2.19. The average molecular weight is 443 g/mol. The van der Waals surface area contributed by atoms with E-state index in [0.29, 0.717) is 22.1 Å². The van der Waals surface area contributed by atoms with Crippen LogP contribution in [0.15, 0.2) is 66.0 Å². The van der Waals surface area contributed by atoms with Crippen LogP contribution in [0, 0.1) is 0 Å². The van der Waals surface area contributed by atoms with Gasteiger partial charge in [0.2, 0.25) is 0 Å². The second-order valence-electron chi connectivity index (χ2n) is 6.40. The third-order valence-electron chi connectivity index (χ3n) is 4.13. The first kappa shape index (κ1) is 21.5. The number of anilines is 1. The summed E-state index contributed by atoms with van der Waals surface area (Å²) in [5.74, 6) is -1.33. The van der Waals surface area contributed by atoms with E-state index in [4.69, 9.17) is 16.3 Å². The van der Waals surface area contributed by atoms with Gasteiger partial charge in [-0.2, -0.15) is 0 Å². The SMILES string of the molecule is CC(OC(=O)c1cccc(NC(=O)c2cccs2)c1)C(=O)NCc1ccc(Cl)cc1. The van der Waals surface area contributed by atoms with E-state index >= 15 is 0 Å². The van der Waals surface area contributed by atoms with Crippen molar-refractivity contribution in [2.24, 2.45) is 0 Å². The zero-order valence-corrected chi connectivity index (χ0v) is 17.6. The van der Waals surface area contributed by atoms with E-state index in [9.17, 15) is 14.4 Å². The predicted octanol–water partition coefficient (Wildman–Crippen LogP) is 4.52. The Morgan fingerprint density at radius 1 is 1.07 bits per heavy atom. The van der Waals surface area contributed by atoms with E-state index in [1.807, 2.05) is 5.38 Å². The standard InChI is InChI=1S/C22H19ClN2O4S/c1-14(20(26)24-13-15-7-9-17(23)10-8-15)29-22(28)16-4-2-5-18(12-16)25-21(27)19-6-3-11-30-19/h2-12,14H,13H2,1H3,(H,24,26)(H,25,27). The van der Waals surface area contributed by atoms with Crippen LogP contribution in [0.25, 0.3) is 0 Å². The van der Waals surface area contributed by atoms with Gasteiger partial charge in [-0.25, -0.2) is 4.79 Å². The first-order valence-electron chi connectivity index (χ1n) is 9.10. The normalized spacial score (nSPS) is 11.4. The molecule has 0 aliphatic rings. The molecule has 0 bridgehead atoms. The molecule has 1 atom stereocenters. The molecule has 0 aliphatic carbocycles. The topological polar surface area (TPSA) is 84.5 Å². The summed E-state index contributed by atoms with van der Waals surface area (Å²) in [4.78, 5) is 37.4. The smallest absolute Gasteiger partial charge is 0.338 e. The summed E-state index contributed by atoms with van der Waals surface area (Å²) in [6.45, 7) is 1.79. The number of carbonyl (C=O) groups excluding carboxylic acids is 3. The molecule has 3 aromatic rings. The van der Waals surface area contributed by atoms with Crippen LogP contribution < -0.4 is 10.6 Å². The Bertz CT molecular complexity index is 1040. The molecule has 0 radical (unpaired) electrons. The van der Waals surface area contributed by atoms with Gasteiger partial charge in [0.25, 0.3) is 11.8 Å². The maximum Gasteiger partial charge on any atom is 0.338 e. The lowest BCUT2D eigenvalue weighted by atomic mass is 10.2. The zero-order chi connectivity index (χ0) is 21.5. The van der Waals surface area contributed by atoms with E-state index in [1.165, 1.54) is 24.3 Å². The monoisotopic (exact) mass is 442 g/mol. The Morgan fingerprint density at radius 2 is 1.83 bits per heavy atom. The summed E-state index contributed by atoms with van der Waals surface area (Å²) < 4.78 is 5.26. The molecule has 1 aromatic heterocycles. The largest absolute Gasteiger partial charge is 0.449 e. The third-order valence-corrected chi connectivity index (χ3v) is 5.25. The van der Waals surface area contributed by atoms with Gasteiger partial charge in [0.1, 0.15) is 0 Å². The van der Waals surface area contributed by atoms with Crippen molar-refractivity contribution in [1.82, 2.24) is 5.32 Å². The molecule has 2 amide bonds. The predicted molar refractivity (Wildman–Crippen MR) is 117 cm³/mol. The van der Waals surface area contributed by atoms with Crippen LogP contribution in [0.2, 0.25) is 5.02 Å². The number of nitrogens with one attached hydrogen (secondary N) is 2. The molecule has 0 aliphatic heterocycles. The third kappa shape index (κ3) is 5.92. The first-order valence-corrected chi connectivity index (χ1v) is 10.4. The molecular formula is C22H19ClN2O4S. The maximum absolute atomic E-state index is 12.4. The van der Waals surface area contributed by atoms with Gasteiger partial charge in [-0.05, 0) is 54.3 Å². The van der Waals surface area contributed by atoms with E-state index in [-0.39, 0.29) is 11.5 Å². The Kier molecular flexibility index (Phi) is 7.21. The highest BCUT2D eigenvalue weighted by molar-refractivity contribution is 7.12. The summed E-state index contributed by atoms with van der Waals surface area (Å²) in [7, 11) is 0. The Hall–Kier alpha value is -3.16. The highest BCUT2D eigenvalue weighted by atomic mass is 35.5. The highest BCUT2D eigenvalue weighted by Crippen LogP contribution is 2.16. The number of ether oxygens (including phenoxy) is 1. The van der Waals surface area contributed by atoms with Gasteiger partial charge >= 0.3 is 5.97 Å². The van der Waals surface area contributed by atoms with Crippen molar-refractivity contribution in [2.75, 3.05) is 5.32 Å². The van der Waals surface area contributed by atoms with E-state index in [2.05, 4.69) is 10.6 Å². The van der Waals surface area contributed by atoms with E-state index < -0.39 is 18.0 Å². The number of thiophene rings is 1. The fourth-order valence-corrected chi connectivity index (χ4v) is 3.29. The Labute approximate surface area is 182 Å². The number of benzene rings is 2. The van der Waals surface area contributed by atoms with Crippen molar-refractivity contribution in [1.29, 1.82) is 0 Å². The van der Waals surface area contributed by atoms with Gasteiger partial charge in [0.05, 0.1) is 10.4 Å². The second-order valence-corrected chi connectivity index (χ2v) is 7.79. The zero-order valence-electron chi connectivity index (χ0n) is 16.1. The van der Waals surface area contributed by atoms with Crippen molar-refractivity contribution < 1.29 is 19.1 Å². The molecule has 30 heavy (non-hydrogen) atoms. The van der Waals surface area contributed by atoms with Crippen LogP contribution in [-0.2, 0) is 16.1 Å². The fraction of sp³-hybridized carbons (Fsp3) is 0.136. The molecule has 0 saturated carbocycles. The average Bonchev–Trinajstić information content (AvgIpc) is 3.28. The Balaban J connectivity index is 1.54. The number of esters is 1. The fourth-order valence-electron chi connectivity index (χ4n) is 2.54. The molecule has 2 aromatic carbocycles. The summed E-state index contributed by atoms with van der Waals surface area (Å²) in [6, 6.07) is 16.9. The molecule has 6 nitrogen and oxygen atoms in total. The number of amides is 2. The molecule has 1 unspecified atom stereocenters. The Morgan fingerprint density at radius 3 is 2.53 bits per heavy atom. The minimum absolute atomic E-state index is 0.233. The van der Waals surface area contributed by atoms with Crippen molar-refractivity contribution in [3.63, 3.8) is 0 Å². The lowest BCUT2D eigenvalue weighted by molar-refractivity contribution is -0.129. The summed E-state index contributed by atoms with van der Waals surface area (Å²) >= 11 is 7.16. The maximum atomic E-state index is 12.4. The van der Waals surface area contributed by atoms with E-state index in [1.54, 1.807) is 54.6 Å². The van der Waals surface area contributed by atoms with Crippen molar-refractivity contribution >= 4 is 46.4 Å². The molecule has 1 heterocycles. The number of hydrogen-bond acceptors (Lipinski definition) is 5. The molecule has 8 heteroatoms. The quantitative estimate of drug-likeness (QED) is 0.527. The summed E-state index contributed by atoms with van der Waals surface area (Å²) in [5.41, 5.74) is 1.57. The van der Waals surface area contributed by atoms with Gasteiger partial charge in [0.15, 0.2) is 6.10 Å². The number of hydrogen-bond donors (Lipinski definition) is 2. The molecule has 154 valence electrons. The first-order chi connectivity index (χ1) is 14.4. The number of halogens is 1. The molecule has 0 fully saturated rings. The molecular weight excluding hydrogens is 424 g/mol. The van der Waals surface area contributed by atoms with Crippen molar-refractivity contribution in [2.45, 2.75) is 19.6 Å². The minimum atomic E-state index is -0.978. The van der Waals surface area contributed by atoms with Gasteiger partial charge in [0, 0.05) is 17.3 Å². The lowest BCUT2D eigenvalue weighted by Crippen LogP contribution is -2.35.